The van der Waals surface area contributed by atoms with Crippen LogP contribution in [0.15, 0.2) is 73.3 Å². The molecule has 0 fully saturated rings. The molecule has 0 saturated heterocycles. The van der Waals surface area contributed by atoms with Gasteiger partial charge in [-0.25, -0.2) is 4.98 Å². The van der Waals surface area contributed by atoms with Crippen LogP contribution in [0.3, 0.4) is 0 Å². The van der Waals surface area contributed by atoms with E-state index in [-0.39, 0.29) is 31.6 Å². The van der Waals surface area contributed by atoms with Crippen molar-refractivity contribution in [3.05, 3.63) is 84.4 Å². The van der Waals surface area contributed by atoms with Crippen molar-refractivity contribution in [2.45, 2.75) is 32.2 Å². The van der Waals surface area contributed by atoms with E-state index in [1.807, 2.05) is 52.4 Å². The summed E-state index contributed by atoms with van der Waals surface area (Å²) in [6, 6.07) is 14.8. The molecule has 4 aromatic rings. The molecule has 0 aliphatic carbocycles. The van der Waals surface area contributed by atoms with Crippen LogP contribution in [0.2, 0.25) is 0 Å². The predicted molar refractivity (Wildman–Crippen MR) is 167 cm³/mol. The second kappa shape index (κ2) is 14.1. The number of carbonyl (C=O) groups excluding carboxylic acids is 2. The third-order valence-electron chi connectivity index (χ3n) is 8.05. The van der Waals surface area contributed by atoms with Crippen molar-refractivity contribution in [2.75, 3.05) is 46.7 Å². The van der Waals surface area contributed by atoms with Gasteiger partial charge >= 0.3 is 0 Å². The van der Waals surface area contributed by atoms with Crippen LogP contribution in [0.5, 0.6) is 23.0 Å². The third-order valence-corrected chi connectivity index (χ3v) is 8.05. The molecule has 234 valence electrons. The molecule has 0 saturated carbocycles. The van der Waals surface area contributed by atoms with Gasteiger partial charge in [-0.15, -0.1) is 0 Å². The summed E-state index contributed by atoms with van der Waals surface area (Å²) in [6.45, 7) is 3.26. The largest absolute Gasteiger partial charge is 0.493 e. The molecule has 2 aromatic heterocycles. The van der Waals surface area contributed by atoms with E-state index in [0.29, 0.717) is 61.3 Å². The summed E-state index contributed by atoms with van der Waals surface area (Å²) in [6.07, 6.45) is 9.46. The van der Waals surface area contributed by atoms with Crippen molar-refractivity contribution in [1.82, 2.24) is 24.3 Å². The number of nitrogens with zero attached hydrogens (tertiary/aromatic N) is 5. The molecular formula is C34H37N5O6. The van der Waals surface area contributed by atoms with Gasteiger partial charge in [-0.05, 0) is 67.3 Å². The van der Waals surface area contributed by atoms with Crippen LogP contribution in [-0.2, 0) is 17.8 Å². The van der Waals surface area contributed by atoms with Gasteiger partial charge in [0.05, 0.1) is 20.1 Å². The van der Waals surface area contributed by atoms with Gasteiger partial charge in [-0.3, -0.25) is 14.6 Å². The van der Waals surface area contributed by atoms with Gasteiger partial charge in [-0.1, -0.05) is 6.07 Å². The van der Waals surface area contributed by atoms with Crippen LogP contribution in [0.4, 0.5) is 0 Å². The Morgan fingerprint density at radius 3 is 2.44 bits per heavy atom. The molecule has 2 bridgehead atoms. The molecule has 0 spiro atoms. The second-order valence-electron chi connectivity index (χ2n) is 11.0. The zero-order chi connectivity index (χ0) is 31.0. The molecule has 2 aliphatic heterocycles. The van der Waals surface area contributed by atoms with Gasteiger partial charge in [0.15, 0.2) is 23.0 Å². The molecule has 45 heavy (non-hydrogen) atoms. The highest BCUT2D eigenvalue weighted by Crippen LogP contribution is 2.33. The fraction of sp³-hybridized carbons (Fsp3) is 0.353. The summed E-state index contributed by atoms with van der Waals surface area (Å²) in [5.41, 5.74) is 2.36. The SMILES string of the molecule is COc1ccc2cc1OCCN(C(=O)Cc1ccc3c(c1)OCO3)CCCCN(C(=O)c1ccncc1)CCCn1ccnc1-2. The van der Waals surface area contributed by atoms with E-state index in [9.17, 15) is 9.59 Å². The van der Waals surface area contributed by atoms with E-state index in [4.69, 9.17) is 18.9 Å². The second-order valence-corrected chi connectivity index (χ2v) is 11.0. The lowest BCUT2D eigenvalue weighted by Crippen LogP contribution is -2.37. The molecule has 0 radical (unpaired) electrons. The molecule has 4 heterocycles. The highest BCUT2D eigenvalue weighted by atomic mass is 16.7. The van der Waals surface area contributed by atoms with E-state index in [1.165, 1.54) is 0 Å². The summed E-state index contributed by atoms with van der Waals surface area (Å²) >= 11 is 0. The molecule has 2 aliphatic rings. The van der Waals surface area contributed by atoms with Crippen molar-refractivity contribution < 1.29 is 28.5 Å². The monoisotopic (exact) mass is 611 g/mol. The standard InChI is InChI=1S/C34H37N5O6/c1-42-28-8-6-27-23-31(28)43-20-19-37(32(40)22-25-5-7-29-30(21-25)45-24-44-29)14-2-3-15-39(34(41)26-9-11-35-12-10-26)17-4-16-38-18-13-36-33(27)38/h5-13,18,21,23H,2-4,14-17,19-20,22,24H2,1H3. The first-order valence-corrected chi connectivity index (χ1v) is 15.3. The summed E-state index contributed by atoms with van der Waals surface area (Å²) in [5, 5.41) is 0. The van der Waals surface area contributed by atoms with Crippen LogP contribution >= 0.6 is 0 Å². The number of aromatic nitrogens is 3. The molecule has 11 heteroatoms. The van der Waals surface area contributed by atoms with Crippen molar-refractivity contribution in [1.29, 1.82) is 0 Å². The fourth-order valence-corrected chi connectivity index (χ4v) is 5.67. The van der Waals surface area contributed by atoms with Crippen LogP contribution in [0, 0.1) is 0 Å². The minimum absolute atomic E-state index is 0.0113. The number of hydrogen-bond donors (Lipinski definition) is 0. The maximum absolute atomic E-state index is 13.6. The van der Waals surface area contributed by atoms with E-state index in [2.05, 4.69) is 14.5 Å². The Balaban J connectivity index is 1.23. The molecule has 0 N–H and O–H groups in total. The summed E-state index contributed by atoms with van der Waals surface area (Å²) in [7, 11) is 1.61. The topological polar surface area (TPSA) is 108 Å². The molecule has 6 rings (SSSR count). The molecule has 0 unspecified atom stereocenters. The van der Waals surface area contributed by atoms with Crippen LogP contribution in [0.25, 0.3) is 11.4 Å². The van der Waals surface area contributed by atoms with Gasteiger partial charge < -0.3 is 33.3 Å². The van der Waals surface area contributed by atoms with Crippen LogP contribution in [-0.4, -0.2) is 82.8 Å². The Labute approximate surface area is 262 Å². The zero-order valence-electron chi connectivity index (χ0n) is 25.4. The lowest BCUT2D eigenvalue weighted by atomic mass is 10.1. The number of ether oxygens (including phenoxy) is 4. The van der Waals surface area contributed by atoms with E-state index < -0.39 is 0 Å². The lowest BCUT2D eigenvalue weighted by molar-refractivity contribution is -0.131. The zero-order valence-corrected chi connectivity index (χ0v) is 25.4. The highest BCUT2D eigenvalue weighted by molar-refractivity contribution is 5.94. The van der Waals surface area contributed by atoms with Gasteiger partial charge in [-0.2, -0.15) is 0 Å². The lowest BCUT2D eigenvalue weighted by Gasteiger charge is -2.25. The van der Waals surface area contributed by atoms with E-state index >= 15 is 0 Å². The first-order chi connectivity index (χ1) is 22.1. The van der Waals surface area contributed by atoms with Gasteiger partial charge in [0.2, 0.25) is 12.7 Å². The number of benzene rings is 2. The summed E-state index contributed by atoms with van der Waals surface area (Å²) < 4.78 is 24.8. The number of aryl methyl sites for hydroxylation is 1. The number of amides is 2. The number of fused-ring (bicyclic) bond motifs is 5. The van der Waals surface area contributed by atoms with Crippen LogP contribution < -0.4 is 18.9 Å². The predicted octanol–water partition coefficient (Wildman–Crippen LogP) is 4.46. The first kappa shape index (κ1) is 30.0. The summed E-state index contributed by atoms with van der Waals surface area (Å²) in [5.74, 6) is 3.31. The number of hydrogen-bond acceptors (Lipinski definition) is 8. The van der Waals surface area contributed by atoms with Gasteiger partial charge in [0, 0.05) is 62.1 Å². The average Bonchev–Trinajstić information content (AvgIpc) is 3.74. The van der Waals surface area contributed by atoms with E-state index in [0.717, 1.165) is 36.2 Å². The maximum Gasteiger partial charge on any atom is 0.253 e. The Morgan fingerprint density at radius 2 is 1.60 bits per heavy atom. The number of imidazole rings is 1. The number of methoxy groups -OCH3 is 1. The summed E-state index contributed by atoms with van der Waals surface area (Å²) in [4.78, 5) is 39.5. The molecule has 2 aromatic carbocycles. The third kappa shape index (κ3) is 7.19. The molecule has 11 nitrogen and oxygen atoms in total. The minimum atomic E-state index is -0.0230. The highest BCUT2D eigenvalue weighted by Gasteiger charge is 2.20. The normalized spacial score (nSPS) is 15.5. The minimum Gasteiger partial charge on any atom is -0.493 e. The number of carbonyl (C=O) groups is 2. The average molecular weight is 612 g/mol. The van der Waals surface area contributed by atoms with E-state index in [1.54, 1.807) is 37.8 Å². The molecule has 2 amide bonds. The Kier molecular flexibility index (Phi) is 9.43. The van der Waals surface area contributed by atoms with Crippen molar-refractivity contribution in [3.63, 3.8) is 0 Å². The van der Waals surface area contributed by atoms with Crippen molar-refractivity contribution in [2.24, 2.45) is 0 Å². The van der Waals surface area contributed by atoms with Crippen molar-refractivity contribution >= 4 is 11.8 Å². The van der Waals surface area contributed by atoms with Gasteiger partial charge in [0.25, 0.3) is 5.91 Å². The fourth-order valence-electron chi connectivity index (χ4n) is 5.67. The smallest absolute Gasteiger partial charge is 0.253 e. The van der Waals surface area contributed by atoms with Crippen molar-refractivity contribution in [3.8, 4) is 34.4 Å². The number of pyridine rings is 1. The Morgan fingerprint density at radius 1 is 0.800 bits per heavy atom. The Bertz CT molecular complexity index is 1620. The Hall–Kier alpha value is -5.06. The quantitative estimate of drug-likeness (QED) is 0.333. The molecule has 0 atom stereocenters. The van der Waals surface area contributed by atoms with Gasteiger partial charge in [0.1, 0.15) is 12.4 Å². The number of rotatable bonds is 4. The first-order valence-electron chi connectivity index (χ1n) is 15.3. The van der Waals surface area contributed by atoms with Crippen LogP contribution in [0.1, 0.15) is 35.2 Å². The maximum atomic E-state index is 13.6. The molecular weight excluding hydrogens is 574 g/mol.